The second-order valence-corrected chi connectivity index (χ2v) is 26.6. The summed E-state index contributed by atoms with van der Waals surface area (Å²) in [4.78, 5) is 70.0. The van der Waals surface area contributed by atoms with Crippen molar-refractivity contribution in [3.63, 3.8) is 0 Å². The number of carbonyl (C=O) groups excluding carboxylic acids is 3. The van der Waals surface area contributed by atoms with Crippen LogP contribution in [0.2, 0.25) is 0 Å². The Morgan fingerprint density at radius 2 is 0.628 bits per heavy atom. The van der Waals surface area contributed by atoms with Gasteiger partial charge in [-0.2, -0.15) is 35.4 Å². The van der Waals surface area contributed by atoms with Crippen LogP contribution in [0.1, 0.15) is 58.2 Å². The van der Waals surface area contributed by atoms with Crippen LogP contribution in [0, 0.1) is 54.1 Å². The second kappa shape index (κ2) is 59.3. The summed E-state index contributed by atoms with van der Waals surface area (Å²) in [6.07, 6.45) is 31.5. The predicted octanol–water partition coefficient (Wildman–Crippen LogP) is 19.1. The smallest absolute Gasteiger partial charge is 0.163 e. The first-order valence-corrected chi connectivity index (χ1v) is 38.4. The van der Waals surface area contributed by atoms with E-state index in [1.165, 1.54) is 47.9 Å². The largest absolute Gasteiger partial charge is 0.512 e. The van der Waals surface area contributed by atoms with E-state index in [0.29, 0.717) is 28.1 Å². The molecule has 0 aliphatic carbocycles. The fourth-order valence-electron chi connectivity index (χ4n) is 11.5. The zero-order chi connectivity index (χ0) is 89.1. The number of halogens is 2. The third kappa shape index (κ3) is 35.7. The molecule has 129 heavy (non-hydrogen) atoms. The van der Waals surface area contributed by atoms with Gasteiger partial charge in [0.2, 0.25) is 0 Å². The quantitative estimate of drug-likeness (QED) is 0.0550. The second-order valence-electron chi connectivity index (χ2n) is 26.6. The maximum atomic E-state index is 13.3. The third-order valence-electron chi connectivity index (χ3n) is 17.3. The van der Waals surface area contributed by atoms with E-state index in [1.54, 1.807) is 127 Å². The molecular formula is C99H92F2Ir5N17O6-7. The summed E-state index contributed by atoms with van der Waals surface area (Å²) in [6, 6.07) is 85.5. The number of pyridine rings is 2. The van der Waals surface area contributed by atoms with Crippen molar-refractivity contribution in [2.24, 2.45) is 42.3 Å². The van der Waals surface area contributed by atoms with E-state index >= 15 is 0 Å². The molecule has 0 spiro atoms. The number of aliphatic hydroxyl groups is 3. The van der Waals surface area contributed by atoms with Crippen LogP contribution in [0.3, 0.4) is 0 Å². The average molecular weight is 2620 g/mol. The summed E-state index contributed by atoms with van der Waals surface area (Å²) >= 11 is 0. The Labute approximate surface area is 818 Å². The number of hydrogen-bond acceptors (Lipinski definition) is 16. The number of aliphatic hydroxyl groups excluding tert-OH is 3. The Kier molecular flexibility index (Phi) is 50.7. The van der Waals surface area contributed by atoms with E-state index < -0.39 is 11.6 Å². The van der Waals surface area contributed by atoms with Gasteiger partial charge < -0.3 is 47.7 Å². The van der Waals surface area contributed by atoms with Crippen LogP contribution in [0.4, 0.5) is 8.78 Å². The number of rotatable bonds is 13. The molecule has 9 aromatic heterocycles. The van der Waals surface area contributed by atoms with Gasteiger partial charge in [0.1, 0.15) is 29.9 Å². The summed E-state index contributed by atoms with van der Waals surface area (Å²) in [6.45, 7) is 8.85. The number of ketones is 3. The number of nitrogens with zero attached hydrogens (tertiary/aromatic N) is 17. The van der Waals surface area contributed by atoms with E-state index in [9.17, 15) is 38.5 Å². The van der Waals surface area contributed by atoms with Gasteiger partial charge in [0.15, 0.2) is 17.3 Å². The molecule has 0 unspecified atom stereocenters. The molecule has 3 N–H and O–H groups in total. The molecule has 17 rings (SSSR count). The number of imidazole rings is 6. The Balaban J connectivity index is 0.000000368. The van der Waals surface area contributed by atoms with Gasteiger partial charge in [0.25, 0.3) is 0 Å². The Bertz CT molecular complexity index is 5530. The number of carbonyl (C=O) groups is 3. The van der Waals surface area contributed by atoms with Crippen molar-refractivity contribution in [2.75, 3.05) is 0 Å². The van der Waals surface area contributed by atoms with Crippen LogP contribution in [0.25, 0.3) is 90.7 Å². The predicted molar refractivity (Wildman–Crippen MR) is 478 cm³/mol. The molecule has 0 aliphatic rings. The Morgan fingerprint density at radius 1 is 0.326 bits per heavy atom. The number of aromatic nitrogens is 17. The van der Waals surface area contributed by atoms with Crippen LogP contribution in [-0.4, -0.2) is 115 Å². The Hall–Kier alpha value is -12.8. The molecular weight excluding hydrogens is 2520 g/mol. The van der Waals surface area contributed by atoms with Gasteiger partial charge in [-0.1, -0.05) is 72.3 Å². The first-order chi connectivity index (χ1) is 59.9. The summed E-state index contributed by atoms with van der Waals surface area (Å²) in [7, 11) is 11.6. The third-order valence-corrected chi connectivity index (χ3v) is 17.3. The number of hydrogen-bond donors (Lipinski definition) is 3. The van der Waals surface area contributed by atoms with Crippen LogP contribution < -0.4 is 0 Å². The summed E-state index contributed by atoms with van der Waals surface area (Å²) < 4.78 is 39.0. The van der Waals surface area contributed by atoms with Crippen molar-refractivity contribution in [1.82, 2.24) is 82.0 Å². The van der Waals surface area contributed by atoms with Crippen molar-refractivity contribution in [3.8, 4) is 74.0 Å². The van der Waals surface area contributed by atoms with Gasteiger partial charge in [-0.25, -0.2) is 9.67 Å². The first-order valence-electron chi connectivity index (χ1n) is 38.4. The van der Waals surface area contributed by atoms with Gasteiger partial charge in [0.05, 0.1) is 45.8 Å². The summed E-state index contributed by atoms with van der Waals surface area (Å²) in [5.41, 5.74) is 9.53. The fourth-order valence-corrected chi connectivity index (χ4v) is 11.5. The number of para-hydroxylation sites is 1. The minimum Gasteiger partial charge on any atom is -0.512 e. The maximum Gasteiger partial charge on any atom is 0.163 e. The van der Waals surface area contributed by atoms with Gasteiger partial charge in [-0.3, -0.25) is 58.1 Å². The molecule has 0 amide bonds. The SMILES string of the molecule is CC(=O)C(=C(C)O)c1ccccc1.CC(=O)C(=C(C)O)c1ccccc1.CC(=O)C(=C(C)O)c1ccncc1.Cn1ccnc1-c1[c-]cc(F)cc1F.Cn1ccnc1-c1[c-]cccc1.Cn1ccnc1-c1[c-]cccc1.Cn1ccnc1-c1[c-]cccc1.Cn1ccnc1-c1[c-]cccc1.Cn1ccnc1-c1[c-]cncc1.[Ir].[Ir].[Ir].[Ir].[Ir].[c-]1ccccc1-n1cncn1. The summed E-state index contributed by atoms with van der Waals surface area (Å²) in [5.74, 6) is 3.66. The van der Waals surface area contributed by atoms with E-state index in [2.05, 4.69) is 92.4 Å². The molecule has 5 radical (unpaired) electrons. The average Bonchev–Trinajstić information content (AvgIpc) is 1.71. The van der Waals surface area contributed by atoms with E-state index in [1.807, 2.05) is 253 Å². The van der Waals surface area contributed by atoms with Gasteiger partial charge in [0, 0.05) is 240 Å². The molecule has 30 heteroatoms. The molecule has 0 fully saturated rings. The van der Waals surface area contributed by atoms with Crippen LogP contribution in [-0.2, 0) is 157 Å². The van der Waals surface area contributed by atoms with Crippen molar-refractivity contribution >= 4 is 34.1 Å². The standard InChI is InChI=1S/2C11H12O2.C10H7F2N2.4C10H9N2.C10H11NO2.C9H8N3.C8H6N3.5Ir/c2*1-8(12)11(9(2)13)10-6-4-3-5-7-10;1-14-5-4-13-10(14)8-3-2-7(11)6-9(8)12;4*1-12-8-7-11-10(12)9-5-3-2-4-6-9;1-7(12)10(8(2)13)9-3-5-11-6-4-9;1-12-7-6-11-9(12)8-2-4-10-5-3-8;1-2-4-8(5-3-1)11-7-9-6-10-11;;;;;/h2*3-7,12H,1-2H3;2,4-6H,1H3;4*2-5,7-8H,1H3;3-6,12H,1-2H3;2,4-7H,1H3;1-4,6-7H;;;;;/q;;5*-1;;2*-1;;;;;. The monoisotopic (exact) mass is 2620 g/mol. The normalized spacial score (nSPS) is 10.3. The minimum absolute atomic E-state index is 0. The van der Waals surface area contributed by atoms with Gasteiger partial charge in [-0.15, -0.1) is 173 Å². The molecule has 0 aliphatic heterocycles. The summed E-state index contributed by atoms with van der Waals surface area (Å²) in [5, 5.41) is 31.8. The van der Waals surface area contributed by atoms with Crippen molar-refractivity contribution in [1.29, 1.82) is 0 Å². The Morgan fingerprint density at radius 3 is 0.884 bits per heavy atom. The van der Waals surface area contributed by atoms with E-state index in [0.717, 1.165) is 85.9 Å². The zero-order valence-electron chi connectivity index (χ0n) is 72.2. The van der Waals surface area contributed by atoms with E-state index in [-0.39, 0.29) is 141 Å². The molecule has 23 nitrogen and oxygen atoms in total. The number of Topliss-reactive ketones (excluding diaryl/α,β-unsaturated/α-hetero) is 3. The number of aryl methyl sites for hydroxylation is 6. The fraction of sp³-hybridized carbons (Fsp3) is 0.121. The zero-order valence-corrected chi connectivity index (χ0v) is 84.2. The maximum absolute atomic E-state index is 13.3. The van der Waals surface area contributed by atoms with Gasteiger partial charge >= 0.3 is 0 Å². The van der Waals surface area contributed by atoms with Crippen LogP contribution in [0.5, 0.6) is 0 Å². The number of allylic oxidation sites excluding steroid dienone is 6. The molecule has 0 saturated heterocycles. The van der Waals surface area contributed by atoms with Crippen LogP contribution in [0.15, 0.2) is 341 Å². The van der Waals surface area contributed by atoms with Gasteiger partial charge in [-0.05, 0) is 95.5 Å². The number of benzene rings is 8. The van der Waals surface area contributed by atoms with Crippen molar-refractivity contribution in [3.05, 3.63) is 412 Å². The topological polar surface area (TPSA) is 275 Å². The molecule has 8 aromatic carbocycles. The molecule has 17 aromatic rings. The minimum atomic E-state index is -0.653. The van der Waals surface area contributed by atoms with Crippen molar-refractivity contribution < 1.29 is 139 Å². The molecule has 675 valence electrons. The first kappa shape index (κ1) is 110. The molecule has 0 atom stereocenters. The molecule has 0 saturated carbocycles. The van der Waals surface area contributed by atoms with Crippen molar-refractivity contribution in [2.45, 2.75) is 41.5 Å². The molecule has 9 heterocycles. The van der Waals surface area contributed by atoms with E-state index in [4.69, 9.17) is 0 Å². The van der Waals surface area contributed by atoms with Crippen LogP contribution >= 0.6 is 0 Å². The molecule has 0 bridgehead atoms.